The SMILES string of the molecule is Cc1cc(Cl)ccc1OC(C)C(=O)N1CC(C)CC(C)C1. The van der Waals surface area contributed by atoms with E-state index in [1.165, 1.54) is 6.42 Å². The molecule has 1 heterocycles. The highest BCUT2D eigenvalue weighted by atomic mass is 35.5. The molecule has 0 aliphatic carbocycles. The Bertz CT molecular complexity index is 508. The van der Waals surface area contributed by atoms with Crippen LogP contribution >= 0.6 is 11.6 Å². The zero-order valence-electron chi connectivity index (χ0n) is 13.2. The summed E-state index contributed by atoms with van der Waals surface area (Å²) < 4.78 is 5.84. The Hall–Kier alpha value is -1.22. The number of hydrogen-bond donors (Lipinski definition) is 0. The molecule has 0 aromatic heterocycles. The Morgan fingerprint density at radius 1 is 1.33 bits per heavy atom. The summed E-state index contributed by atoms with van der Waals surface area (Å²) in [6, 6.07) is 5.45. The Kier molecular flexibility index (Phi) is 5.15. The predicted molar refractivity (Wildman–Crippen MR) is 85.8 cm³/mol. The van der Waals surface area contributed by atoms with Crippen molar-refractivity contribution in [2.75, 3.05) is 13.1 Å². The molecule has 21 heavy (non-hydrogen) atoms. The van der Waals surface area contributed by atoms with E-state index in [2.05, 4.69) is 13.8 Å². The number of carbonyl (C=O) groups is 1. The smallest absolute Gasteiger partial charge is 0.263 e. The van der Waals surface area contributed by atoms with Gasteiger partial charge in [0.15, 0.2) is 6.10 Å². The lowest BCUT2D eigenvalue weighted by Crippen LogP contribution is -2.47. The Balaban J connectivity index is 2.02. The molecule has 0 spiro atoms. The molecule has 1 aliphatic heterocycles. The van der Waals surface area contributed by atoms with E-state index in [4.69, 9.17) is 16.3 Å². The van der Waals surface area contributed by atoms with Gasteiger partial charge in [0.25, 0.3) is 5.91 Å². The number of carbonyl (C=O) groups excluding carboxylic acids is 1. The molecule has 3 atom stereocenters. The standard InChI is InChI=1S/C17H24ClNO2/c1-11-7-12(2)10-19(9-11)17(20)14(4)21-16-6-5-15(18)8-13(16)3/h5-6,8,11-12,14H,7,9-10H2,1-4H3. The van der Waals surface area contributed by atoms with Crippen LogP contribution in [0.1, 0.15) is 32.8 Å². The van der Waals surface area contributed by atoms with Crippen LogP contribution in [0.2, 0.25) is 5.02 Å². The molecule has 1 saturated heterocycles. The zero-order valence-corrected chi connectivity index (χ0v) is 14.0. The van der Waals surface area contributed by atoms with E-state index >= 15 is 0 Å². The van der Waals surface area contributed by atoms with Gasteiger partial charge in [0.2, 0.25) is 0 Å². The number of halogens is 1. The van der Waals surface area contributed by atoms with Gasteiger partial charge in [-0.25, -0.2) is 0 Å². The van der Waals surface area contributed by atoms with Crippen molar-refractivity contribution in [3.63, 3.8) is 0 Å². The van der Waals surface area contributed by atoms with Gasteiger partial charge in [-0.15, -0.1) is 0 Å². The minimum Gasteiger partial charge on any atom is -0.481 e. The molecule has 1 aliphatic rings. The summed E-state index contributed by atoms with van der Waals surface area (Å²) in [6.07, 6.45) is 0.720. The van der Waals surface area contributed by atoms with Crippen LogP contribution in [0, 0.1) is 18.8 Å². The van der Waals surface area contributed by atoms with Crippen molar-refractivity contribution in [3.05, 3.63) is 28.8 Å². The first kappa shape index (κ1) is 16.2. The van der Waals surface area contributed by atoms with Crippen molar-refractivity contribution in [1.29, 1.82) is 0 Å². The molecule has 3 unspecified atom stereocenters. The molecule has 0 saturated carbocycles. The van der Waals surface area contributed by atoms with Crippen LogP contribution < -0.4 is 4.74 Å². The van der Waals surface area contributed by atoms with Crippen LogP contribution in [0.3, 0.4) is 0 Å². The number of likely N-dealkylation sites (tertiary alicyclic amines) is 1. The predicted octanol–water partition coefficient (Wildman–Crippen LogP) is 3.92. The average molecular weight is 310 g/mol. The molecular formula is C17H24ClNO2. The summed E-state index contributed by atoms with van der Waals surface area (Å²) in [5, 5.41) is 0.678. The van der Waals surface area contributed by atoms with Crippen LogP contribution in [0.4, 0.5) is 0 Å². The minimum atomic E-state index is -0.470. The fourth-order valence-electron chi connectivity index (χ4n) is 3.09. The molecule has 0 radical (unpaired) electrons. The summed E-state index contributed by atoms with van der Waals surface area (Å²) in [6.45, 7) is 9.81. The number of hydrogen-bond acceptors (Lipinski definition) is 2. The first-order valence-corrected chi connectivity index (χ1v) is 7.96. The van der Waals surface area contributed by atoms with E-state index in [0.717, 1.165) is 24.4 Å². The highest BCUT2D eigenvalue weighted by Crippen LogP contribution is 2.25. The van der Waals surface area contributed by atoms with E-state index in [-0.39, 0.29) is 5.91 Å². The Morgan fingerprint density at radius 3 is 2.52 bits per heavy atom. The molecule has 116 valence electrons. The fraction of sp³-hybridized carbons (Fsp3) is 0.588. The van der Waals surface area contributed by atoms with Gasteiger partial charge in [-0.05, 0) is 55.9 Å². The summed E-state index contributed by atoms with van der Waals surface area (Å²) in [4.78, 5) is 14.5. The molecule has 0 N–H and O–H groups in total. The van der Waals surface area contributed by atoms with Gasteiger partial charge in [-0.1, -0.05) is 25.4 Å². The molecule has 2 rings (SSSR count). The largest absolute Gasteiger partial charge is 0.481 e. The highest BCUT2D eigenvalue weighted by Gasteiger charge is 2.29. The van der Waals surface area contributed by atoms with Crippen LogP contribution in [0.25, 0.3) is 0 Å². The number of aryl methyl sites for hydroxylation is 1. The molecule has 1 aromatic carbocycles. The van der Waals surface area contributed by atoms with Gasteiger partial charge in [-0.3, -0.25) is 4.79 Å². The minimum absolute atomic E-state index is 0.0720. The van der Waals surface area contributed by atoms with Crippen LogP contribution in [0.15, 0.2) is 18.2 Å². The lowest BCUT2D eigenvalue weighted by atomic mass is 9.91. The van der Waals surface area contributed by atoms with Gasteiger partial charge in [0.1, 0.15) is 5.75 Å². The molecule has 1 aromatic rings. The second-order valence-electron chi connectivity index (χ2n) is 6.36. The third-order valence-electron chi connectivity index (χ3n) is 3.97. The molecule has 3 nitrogen and oxygen atoms in total. The Morgan fingerprint density at radius 2 is 1.95 bits per heavy atom. The molecular weight excluding hydrogens is 286 g/mol. The van der Waals surface area contributed by atoms with E-state index in [9.17, 15) is 4.79 Å². The monoisotopic (exact) mass is 309 g/mol. The maximum atomic E-state index is 12.5. The lowest BCUT2D eigenvalue weighted by molar-refractivity contribution is -0.140. The zero-order chi connectivity index (χ0) is 15.6. The van der Waals surface area contributed by atoms with E-state index in [1.54, 1.807) is 6.07 Å². The normalized spacial score (nSPS) is 23.8. The topological polar surface area (TPSA) is 29.5 Å². The van der Waals surface area contributed by atoms with Gasteiger partial charge in [0.05, 0.1) is 0 Å². The maximum Gasteiger partial charge on any atom is 0.263 e. The van der Waals surface area contributed by atoms with Crippen molar-refractivity contribution in [2.45, 2.75) is 40.2 Å². The van der Waals surface area contributed by atoms with E-state index in [1.807, 2.05) is 30.9 Å². The fourth-order valence-corrected chi connectivity index (χ4v) is 3.31. The van der Waals surface area contributed by atoms with Crippen molar-refractivity contribution in [3.8, 4) is 5.75 Å². The number of benzene rings is 1. The molecule has 1 amide bonds. The first-order chi connectivity index (χ1) is 9.86. The summed E-state index contributed by atoms with van der Waals surface area (Å²) in [7, 11) is 0. The van der Waals surface area contributed by atoms with Crippen molar-refractivity contribution < 1.29 is 9.53 Å². The van der Waals surface area contributed by atoms with Crippen LogP contribution in [0.5, 0.6) is 5.75 Å². The average Bonchev–Trinajstić information content (AvgIpc) is 2.40. The van der Waals surface area contributed by atoms with Gasteiger partial charge >= 0.3 is 0 Å². The number of nitrogens with zero attached hydrogens (tertiary/aromatic N) is 1. The van der Waals surface area contributed by atoms with Gasteiger partial charge in [0, 0.05) is 18.1 Å². The molecule has 1 fully saturated rings. The number of rotatable bonds is 3. The third kappa shape index (κ3) is 4.13. The maximum absolute atomic E-state index is 12.5. The Labute approximate surface area is 132 Å². The number of ether oxygens (including phenoxy) is 1. The van der Waals surface area contributed by atoms with Gasteiger partial charge in [-0.2, -0.15) is 0 Å². The van der Waals surface area contributed by atoms with Gasteiger partial charge < -0.3 is 9.64 Å². The number of amides is 1. The molecule has 0 bridgehead atoms. The summed E-state index contributed by atoms with van der Waals surface area (Å²) >= 11 is 5.94. The quantitative estimate of drug-likeness (QED) is 0.847. The second-order valence-corrected chi connectivity index (χ2v) is 6.80. The first-order valence-electron chi connectivity index (χ1n) is 7.58. The highest BCUT2D eigenvalue weighted by molar-refractivity contribution is 6.30. The number of piperidine rings is 1. The summed E-state index contributed by atoms with van der Waals surface area (Å²) in [5.41, 5.74) is 0.947. The van der Waals surface area contributed by atoms with E-state index < -0.39 is 6.10 Å². The van der Waals surface area contributed by atoms with Crippen LogP contribution in [-0.4, -0.2) is 30.0 Å². The summed E-state index contributed by atoms with van der Waals surface area (Å²) in [5.74, 6) is 1.91. The second kappa shape index (κ2) is 6.69. The van der Waals surface area contributed by atoms with E-state index in [0.29, 0.717) is 16.9 Å². The molecule has 4 heteroatoms. The van der Waals surface area contributed by atoms with Crippen LogP contribution in [-0.2, 0) is 4.79 Å². The lowest BCUT2D eigenvalue weighted by Gasteiger charge is -2.36. The third-order valence-corrected chi connectivity index (χ3v) is 4.20. The van der Waals surface area contributed by atoms with Crippen molar-refractivity contribution in [1.82, 2.24) is 4.90 Å². The van der Waals surface area contributed by atoms with Crippen molar-refractivity contribution >= 4 is 17.5 Å². The van der Waals surface area contributed by atoms with Crippen molar-refractivity contribution in [2.24, 2.45) is 11.8 Å².